The third-order valence-corrected chi connectivity index (χ3v) is 3.92. The molecular weight excluding hydrogens is 182 g/mol. The fourth-order valence-electron chi connectivity index (χ4n) is 2.25. The maximum atomic E-state index is 3.68. The van der Waals surface area contributed by atoms with Crippen molar-refractivity contribution in [3.8, 4) is 0 Å². The fraction of sp³-hybridized carbons (Fsp3) is 1.00. The van der Waals surface area contributed by atoms with E-state index in [1.54, 1.807) is 0 Å². The standard InChI is InChI=1S/C14H29N/c1-5-6-7-8-9-12(2)15-11-13-10-14(13,3)4/h12-13,15H,5-11H2,1-4H3. The molecule has 1 rings (SSSR count). The summed E-state index contributed by atoms with van der Waals surface area (Å²) in [5, 5.41) is 3.68. The Kier molecular flexibility index (Phi) is 5.11. The molecule has 0 aromatic carbocycles. The number of rotatable bonds is 8. The average Bonchev–Trinajstić information content (AvgIpc) is 2.78. The highest BCUT2D eigenvalue weighted by molar-refractivity contribution is 4.96. The highest BCUT2D eigenvalue weighted by Gasteiger charge is 2.44. The van der Waals surface area contributed by atoms with Crippen molar-refractivity contribution in [3.05, 3.63) is 0 Å². The lowest BCUT2D eigenvalue weighted by atomic mass is 10.1. The van der Waals surface area contributed by atoms with Gasteiger partial charge in [0.25, 0.3) is 0 Å². The van der Waals surface area contributed by atoms with Crippen LogP contribution in [0.1, 0.15) is 66.2 Å². The minimum absolute atomic E-state index is 0.634. The van der Waals surface area contributed by atoms with E-state index in [2.05, 4.69) is 33.0 Å². The van der Waals surface area contributed by atoms with Gasteiger partial charge in [-0.25, -0.2) is 0 Å². The van der Waals surface area contributed by atoms with Crippen molar-refractivity contribution in [2.45, 2.75) is 72.3 Å². The Morgan fingerprint density at radius 2 is 1.93 bits per heavy atom. The van der Waals surface area contributed by atoms with Gasteiger partial charge in [-0.1, -0.05) is 46.5 Å². The summed E-state index contributed by atoms with van der Waals surface area (Å²) in [6, 6.07) is 0.721. The first-order valence-corrected chi connectivity index (χ1v) is 6.79. The molecule has 0 bridgehead atoms. The first kappa shape index (κ1) is 13.0. The van der Waals surface area contributed by atoms with Crippen LogP contribution in [0.25, 0.3) is 0 Å². The predicted molar refractivity (Wildman–Crippen MR) is 68.1 cm³/mol. The van der Waals surface area contributed by atoms with Gasteiger partial charge < -0.3 is 5.32 Å². The zero-order valence-electron chi connectivity index (χ0n) is 11.1. The van der Waals surface area contributed by atoms with Gasteiger partial charge >= 0.3 is 0 Å². The van der Waals surface area contributed by atoms with Crippen molar-refractivity contribution in [1.82, 2.24) is 5.32 Å². The van der Waals surface area contributed by atoms with Crippen LogP contribution in [0.4, 0.5) is 0 Å². The third kappa shape index (κ3) is 5.01. The summed E-state index contributed by atoms with van der Waals surface area (Å²) in [6.45, 7) is 10.6. The Labute approximate surface area is 96.0 Å². The van der Waals surface area contributed by atoms with Gasteiger partial charge in [0, 0.05) is 6.04 Å². The minimum atomic E-state index is 0.634. The predicted octanol–water partition coefficient (Wildman–Crippen LogP) is 3.98. The number of nitrogens with one attached hydrogen (secondary N) is 1. The summed E-state index contributed by atoms with van der Waals surface area (Å²) in [7, 11) is 0. The molecule has 1 saturated carbocycles. The third-order valence-electron chi connectivity index (χ3n) is 3.92. The molecule has 1 fully saturated rings. The summed E-state index contributed by atoms with van der Waals surface area (Å²) in [4.78, 5) is 0. The molecule has 1 N–H and O–H groups in total. The zero-order valence-corrected chi connectivity index (χ0v) is 11.1. The molecule has 0 radical (unpaired) electrons. The SMILES string of the molecule is CCCCCCC(C)NCC1CC1(C)C. The molecule has 0 heterocycles. The topological polar surface area (TPSA) is 12.0 Å². The van der Waals surface area contributed by atoms with E-state index in [0.717, 1.165) is 12.0 Å². The molecule has 0 aromatic heterocycles. The normalized spacial score (nSPS) is 25.2. The summed E-state index contributed by atoms with van der Waals surface area (Å²) in [5.41, 5.74) is 0.634. The molecule has 90 valence electrons. The van der Waals surface area contributed by atoms with Crippen molar-refractivity contribution in [2.24, 2.45) is 11.3 Å². The lowest BCUT2D eigenvalue weighted by Gasteiger charge is -2.14. The molecule has 1 nitrogen and oxygen atoms in total. The smallest absolute Gasteiger partial charge is 0.00388 e. The maximum Gasteiger partial charge on any atom is 0.00388 e. The quantitative estimate of drug-likeness (QED) is 0.599. The van der Waals surface area contributed by atoms with Crippen LogP contribution in [0.5, 0.6) is 0 Å². The molecule has 15 heavy (non-hydrogen) atoms. The molecule has 2 unspecified atom stereocenters. The van der Waals surface area contributed by atoms with Gasteiger partial charge in [0.15, 0.2) is 0 Å². The highest BCUT2D eigenvalue weighted by Crippen LogP contribution is 2.51. The van der Waals surface area contributed by atoms with E-state index >= 15 is 0 Å². The first-order chi connectivity index (χ1) is 7.06. The van der Waals surface area contributed by atoms with Gasteiger partial charge in [0.05, 0.1) is 0 Å². The lowest BCUT2D eigenvalue weighted by Crippen LogP contribution is -2.28. The number of hydrogen-bond donors (Lipinski definition) is 1. The van der Waals surface area contributed by atoms with Gasteiger partial charge in [-0.2, -0.15) is 0 Å². The maximum absolute atomic E-state index is 3.68. The van der Waals surface area contributed by atoms with Crippen LogP contribution < -0.4 is 5.32 Å². The Bertz CT molecular complexity index is 174. The molecule has 1 aliphatic carbocycles. The zero-order chi connectivity index (χ0) is 11.3. The van der Waals surface area contributed by atoms with E-state index in [1.165, 1.54) is 45.1 Å². The Hall–Kier alpha value is -0.0400. The second kappa shape index (κ2) is 5.89. The van der Waals surface area contributed by atoms with E-state index in [1.807, 2.05) is 0 Å². The molecule has 0 aromatic rings. The van der Waals surface area contributed by atoms with Crippen LogP contribution in [-0.2, 0) is 0 Å². The fourth-order valence-corrected chi connectivity index (χ4v) is 2.25. The van der Waals surface area contributed by atoms with Crippen LogP contribution in [0.3, 0.4) is 0 Å². The average molecular weight is 211 g/mol. The summed E-state index contributed by atoms with van der Waals surface area (Å²) in [6.07, 6.45) is 8.34. The van der Waals surface area contributed by atoms with Crippen LogP contribution in [0.2, 0.25) is 0 Å². The van der Waals surface area contributed by atoms with Gasteiger partial charge in [-0.15, -0.1) is 0 Å². The summed E-state index contributed by atoms with van der Waals surface area (Å²) >= 11 is 0. The number of hydrogen-bond acceptors (Lipinski definition) is 1. The van der Waals surface area contributed by atoms with Gasteiger partial charge in [0.2, 0.25) is 0 Å². The van der Waals surface area contributed by atoms with Crippen molar-refractivity contribution in [2.75, 3.05) is 6.54 Å². The number of unbranched alkanes of at least 4 members (excludes halogenated alkanes) is 3. The van der Waals surface area contributed by atoms with Crippen molar-refractivity contribution in [3.63, 3.8) is 0 Å². The molecule has 0 amide bonds. The Morgan fingerprint density at radius 1 is 1.27 bits per heavy atom. The van der Waals surface area contributed by atoms with Crippen LogP contribution in [0, 0.1) is 11.3 Å². The lowest BCUT2D eigenvalue weighted by molar-refractivity contribution is 0.445. The van der Waals surface area contributed by atoms with Gasteiger partial charge in [-0.3, -0.25) is 0 Å². The van der Waals surface area contributed by atoms with Gasteiger partial charge in [0.1, 0.15) is 0 Å². The van der Waals surface area contributed by atoms with Crippen molar-refractivity contribution < 1.29 is 0 Å². The minimum Gasteiger partial charge on any atom is -0.314 e. The van der Waals surface area contributed by atoms with E-state index in [-0.39, 0.29) is 0 Å². The van der Waals surface area contributed by atoms with E-state index in [0.29, 0.717) is 5.41 Å². The van der Waals surface area contributed by atoms with Crippen molar-refractivity contribution in [1.29, 1.82) is 0 Å². The Balaban J connectivity index is 1.92. The molecule has 0 spiro atoms. The molecule has 2 atom stereocenters. The van der Waals surface area contributed by atoms with Crippen LogP contribution in [-0.4, -0.2) is 12.6 Å². The van der Waals surface area contributed by atoms with E-state index in [4.69, 9.17) is 0 Å². The molecule has 0 saturated heterocycles. The van der Waals surface area contributed by atoms with Crippen molar-refractivity contribution >= 4 is 0 Å². The van der Waals surface area contributed by atoms with Crippen LogP contribution >= 0.6 is 0 Å². The molecule has 1 heteroatoms. The first-order valence-electron chi connectivity index (χ1n) is 6.79. The molecular formula is C14H29N. The Morgan fingerprint density at radius 3 is 2.47 bits per heavy atom. The molecule has 0 aliphatic heterocycles. The monoisotopic (exact) mass is 211 g/mol. The van der Waals surface area contributed by atoms with E-state index in [9.17, 15) is 0 Å². The summed E-state index contributed by atoms with van der Waals surface area (Å²) in [5.74, 6) is 0.940. The second-order valence-corrected chi connectivity index (χ2v) is 6.05. The van der Waals surface area contributed by atoms with E-state index < -0.39 is 0 Å². The van der Waals surface area contributed by atoms with Gasteiger partial charge in [-0.05, 0) is 37.6 Å². The summed E-state index contributed by atoms with van der Waals surface area (Å²) < 4.78 is 0. The largest absolute Gasteiger partial charge is 0.314 e. The highest BCUT2D eigenvalue weighted by atomic mass is 14.9. The molecule has 1 aliphatic rings. The second-order valence-electron chi connectivity index (χ2n) is 6.05. The van der Waals surface area contributed by atoms with Crippen LogP contribution in [0.15, 0.2) is 0 Å².